The van der Waals surface area contributed by atoms with Gasteiger partial charge in [0.2, 0.25) is 5.91 Å². The maximum Gasteiger partial charge on any atom is 0.243 e. The molecule has 1 aliphatic heterocycles. The van der Waals surface area contributed by atoms with Crippen molar-refractivity contribution >= 4 is 17.6 Å². The first kappa shape index (κ1) is 21.1. The fourth-order valence-electron chi connectivity index (χ4n) is 3.03. The molecule has 150 valence electrons. The second-order valence-corrected chi connectivity index (χ2v) is 7.67. The normalized spacial score (nSPS) is 18.8. The van der Waals surface area contributed by atoms with Gasteiger partial charge in [-0.1, -0.05) is 24.6 Å². The van der Waals surface area contributed by atoms with Gasteiger partial charge in [0.15, 0.2) is 5.96 Å². The average Bonchev–Trinajstić information content (AvgIpc) is 2.66. The van der Waals surface area contributed by atoms with Gasteiger partial charge in [0.05, 0.1) is 0 Å². The summed E-state index contributed by atoms with van der Waals surface area (Å²) in [5, 5.41) is 6.97. The molecule has 6 nitrogen and oxygen atoms in total. The van der Waals surface area contributed by atoms with Crippen molar-refractivity contribution in [2.45, 2.75) is 52.1 Å². The minimum absolute atomic E-state index is 0.00479. The van der Waals surface area contributed by atoms with Crippen LogP contribution in [0.15, 0.2) is 29.3 Å². The highest BCUT2D eigenvalue weighted by Gasteiger charge is 2.21. The number of nitrogens with one attached hydrogen (secondary N) is 2. The van der Waals surface area contributed by atoms with Crippen LogP contribution in [0.4, 0.5) is 5.69 Å². The summed E-state index contributed by atoms with van der Waals surface area (Å²) in [6.45, 7) is 8.55. The third-order valence-electron chi connectivity index (χ3n) is 5.03. The van der Waals surface area contributed by atoms with Crippen LogP contribution in [-0.2, 0) is 4.79 Å². The fraction of sp³-hybridized carbons (Fsp3) is 0.619. The number of likely N-dealkylation sites (N-methyl/N-ethyl adjacent to an activating group) is 1. The fourth-order valence-corrected chi connectivity index (χ4v) is 3.03. The molecule has 1 heterocycles. The van der Waals surface area contributed by atoms with Crippen molar-refractivity contribution in [3.05, 3.63) is 29.8 Å². The molecule has 0 radical (unpaired) electrons. The monoisotopic (exact) mass is 373 g/mol. The number of guanidine groups is 1. The number of anilines is 1. The quantitative estimate of drug-likeness (QED) is 0.594. The summed E-state index contributed by atoms with van der Waals surface area (Å²) in [5.41, 5.74) is 2.55. The first-order chi connectivity index (χ1) is 12.9. The SMILES string of the molecule is CCC(C)NC(=NCC(=O)N(C)C)NC1CCCN(c2ccc(C)cc2)C1. The maximum absolute atomic E-state index is 11.9. The zero-order chi connectivity index (χ0) is 19.8. The lowest BCUT2D eigenvalue weighted by Gasteiger charge is -2.35. The molecule has 0 aromatic heterocycles. The molecule has 1 aliphatic rings. The minimum atomic E-state index is 0.00479. The van der Waals surface area contributed by atoms with E-state index < -0.39 is 0 Å². The maximum atomic E-state index is 11.9. The number of rotatable bonds is 6. The lowest BCUT2D eigenvalue weighted by atomic mass is 10.0. The van der Waals surface area contributed by atoms with E-state index in [0.717, 1.165) is 38.3 Å². The molecule has 1 aromatic carbocycles. The standard InChI is InChI=1S/C21H35N5O/c1-6-17(3)23-21(22-14-20(27)25(4)5)24-18-8-7-13-26(15-18)19-11-9-16(2)10-12-19/h9-12,17-18H,6-8,13-15H2,1-5H3,(H2,22,23,24). The van der Waals surface area contributed by atoms with Crippen molar-refractivity contribution in [1.82, 2.24) is 15.5 Å². The molecular weight excluding hydrogens is 338 g/mol. The van der Waals surface area contributed by atoms with E-state index in [-0.39, 0.29) is 12.5 Å². The lowest BCUT2D eigenvalue weighted by molar-refractivity contribution is -0.127. The van der Waals surface area contributed by atoms with Crippen molar-refractivity contribution in [2.24, 2.45) is 4.99 Å². The van der Waals surface area contributed by atoms with Gasteiger partial charge in [0, 0.05) is 45.0 Å². The van der Waals surface area contributed by atoms with Crippen LogP contribution < -0.4 is 15.5 Å². The molecule has 0 aliphatic carbocycles. The summed E-state index contributed by atoms with van der Waals surface area (Å²) in [6.07, 6.45) is 3.24. The molecule has 2 rings (SSSR count). The first-order valence-electron chi connectivity index (χ1n) is 9.98. The number of benzene rings is 1. The van der Waals surface area contributed by atoms with E-state index in [4.69, 9.17) is 0 Å². The van der Waals surface area contributed by atoms with E-state index >= 15 is 0 Å². The molecule has 0 bridgehead atoms. The summed E-state index contributed by atoms with van der Waals surface area (Å²) in [4.78, 5) is 20.4. The summed E-state index contributed by atoms with van der Waals surface area (Å²) >= 11 is 0. The molecule has 1 saturated heterocycles. The van der Waals surface area contributed by atoms with Crippen LogP contribution in [0, 0.1) is 6.92 Å². The van der Waals surface area contributed by atoms with Gasteiger partial charge in [-0.15, -0.1) is 0 Å². The first-order valence-corrected chi connectivity index (χ1v) is 9.98. The van der Waals surface area contributed by atoms with Gasteiger partial charge in [-0.2, -0.15) is 0 Å². The third kappa shape index (κ3) is 6.77. The molecule has 0 spiro atoms. The topological polar surface area (TPSA) is 60.0 Å². The Balaban J connectivity index is 2.02. The van der Waals surface area contributed by atoms with Crippen molar-refractivity contribution in [1.29, 1.82) is 0 Å². The summed E-state index contributed by atoms with van der Waals surface area (Å²) in [7, 11) is 3.52. The van der Waals surface area contributed by atoms with E-state index in [9.17, 15) is 4.79 Å². The number of piperidine rings is 1. The molecule has 2 atom stereocenters. The molecule has 0 saturated carbocycles. The molecule has 6 heteroatoms. The van der Waals surface area contributed by atoms with E-state index in [1.165, 1.54) is 11.3 Å². The Morgan fingerprint density at radius 2 is 2.04 bits per heavy atom. The summed E-state index contributed by atoms with van der Waals surface area (Å²) in [5.74, 6) is 0.737. The van der Waals surface area contributed by atoms with E-state index in [0.29, 0.717) is 12.1 Å². The molecule has 2 unspecified atom stereocenters. The zero-order valence-electron chi connectivity index (χ0n) is 17.5. The predicted molar refractivity (Wildman–Crippen MR) is 113 cm³/mol. The molecule has 1 fully saturated rings. The minimum Gasteiger partial charge on any atom is -0.369 e. The van der Waals surface area contributed by atoms with Crippen molar-refractivity contribution in [2.75, 3.05) is 38.6 Å². The number of carbonyl (C=O) groups excluding carboxylic acids is 1. The number of aliphatic imine (C=N–C) groups is 1. The second kappa shape index (κ2) is 10.2. The number of hydrogen-bond donors (Lipinski definition) is 2. The van der Waals surface area contributed by atoms with E-state index in [1.807, 2.05) is 0 Å². The largest absolute Gasteiger partial charge is 0.369 e. The highest BCUT2D eigenvalue weighted by atomic mass is 16.2. The third-order valence-corrected chi connectivity index (χ3v) is 5.03. The van der Waals surface area contributed by atoms with Crippen LogP contribution in [0.1, 0.15) is 38.7 Å². The van der Waals surface area contributed by atoms with Crippen LogP contribution in [-0.4, -0.2) is 62.6 Å². The molecule has 1 aromatic rings. The number of carbonyl (C=O) groups is 1. The average molecular weight is 374 g/mol. The van der Waals surface area contributed by atoms with Crippen LogP contribution >= 0.6 is 0 Å². The zero-order valence-corrected chi connectivity index (χ0v) is 17.5. The highest BCUT2D eigenvalue weighted by Crippen LogP contribution is 2.20. The van der Waals surface area contributed by atoms with Gasteiger partial charge in [-0.05, 0) is 45.2 Å². The van der Waals surface area contributed by atoms with Crippen LogP contribution in [0.25, 0.3) is 0 Å². The van der Waals surface area contributed by atoms with Gasteiger partial charge >= 0.3 is 0 Å². The summed E-state index contributed by atoms with van der Waals surface area (Å²) < 4.78 is 0. The Bertz CT molecular complexity index is 626. The second-order valence-electron chi connectivity index (χ2n) is 7.67. The van der Waals surface area contributed by atoms with Crippen molar-refractivity contribution in [3.63, 3.8) is 0 Å². The van der Waals surface area contributed by atoms with Gasteiger partial charge in [0.1, 0.15) is 6.54 Å². The van der Waals surface area contributed by atoms with Crippen LogP contribution in [0.2, 0.25) is 0 Å². The number of hydrogen-bond acceptors (Lipinski definition) is 3. The molecule has 27 heavy (non-hydrogen) atoms. The van der Waals surface area contributed by atoms with Gasteiger partial charge in [-0.3, -0.25) is 4.79 Å². The van der Waals surface area contributed by atoms with Gasteiger partial charge in [-0.25, -0.2) is 4.99 Å². The van der Waals surface area contributed by atoms with Gasteiger partial charge < -0.3 is 20.4 Å². The lowest BCUT2D eigenvalue weighted by Crippen LogP contribution is -2.53. The Kier molecular flexibility index (Phi) is 7.95. The predicted octanol–water partition coefficient (Wildman–Crippen LogP) is 2.39. The molecular formula is C21H35N5O. The van der Waals surface area contributed by atoms with Crippen molar-refractivity contribution < 1.29 is 4.79 Å². The molecule has 1 amide bonds. The summed E-state index contributed by atoms with van der Waals surface area (Å²) in [6, 6.07) is 9.33. The van der Waals surface area contributed by atoms with Crippen molar-refractivity contribution in [3.8, 4) is 0 Å². The number of aryl methyl sites for hydroxylation is 1. The Labute approximate surface area is 164 Å². The highest BCUT2D eigenvalue weighted by molar-refractivity contribution is 5.85. The molecule has 2 N–H and O–H groups in total. The number of amides is 1. The Morgan fingerprint density at radius 1 is 1.33 bits per heavy atom. The van der Waals surface area contributed by atoms with E-state index in [2.05, 4.69) is 65.6 Å². The Morgan fingerprint density at radius 3 is 2.67 bits per heavy atom. The smallest absolute Gasteiger partial charge is 0.243 e. The number of nitrogens with zero attached hydrogens (tertiary/aromatic N) is 3. The van der Waals surface area contributed by atoms with Gasteiger partial charge in [0.25, 0.3) is 0 Å². The Hall–Kier alpha value is -2.24. The van der Waals surface area contributed by atoms with E-state index in [1.54, 1.807) is 19.0 Å². The van der Waals surface area contributed by atoms with Crippen LogP contribution in [0.3, 0.4) is 0 Å². The van der Waals surface area contributed by atoms with Crippen LogP contribution in [0.5, 0.6) is 0 Å².